The van der Waals surface area contributed by atoms with Gasteiger partial charge in [0.1, 0.15) is 12.4 Å². The third-order valence-electron chi connectivity index (χ3n) is 19.2. The number of carbonyl (C=O) groups excluding carboxylic acids is 8. The predicted octanol–water partition coefficient (Wildman–Crippen LogP) is 14.8. The van der Waals surface area contributed by atoms with Crippen molar-refractivity contribution >= 4 is 114 Å². The highest BCUT2D eigenvalue weighted by Crippen LogP contribution is 2.34. The van der Waals surface area contributed by atoms with E-state index in [4.69, 9.17) is 27.7 Å². The number of aromatic amines is 4. The van der Waals surface area contributed by atoms with Crippen molar-refractivity contribution in [2.75, 3.05) is 47.4 Å². The van der Waals surface area contributed by atoms with Crippen molar-refractivity contribution in [2.45, 2.75) is 45.4 Å². The lowest BCUT2D eigenvalue weighted by atomic mass is 10.0. The number of likely N-dealkylation sites (tertiary alicyclic amines) is 1. The van der Waals surface area contributed by atoms with Crippen molar-refractivity contribution in [3.05, 3.63) is 300 Å². The first-order chi connectivity index (χ1) is 57.8. The van der Waals surface area contributed by atoms with Gasteiger partial charge in [0.05, 0.1) is 44.8 Å². The Morgan fingerprint density at radius 1 is 0.361 bits per heavy atom. The molecular formula is C89H83FN20O9. The minimum absolute atomic E-state index is 0.187. The Labute approximate surface area is 680 Å². The molecule has 0 saturated carbocycles. The Kier molecular flexibility index (Phi) is 26.5. The molecule has 0 bridgehead atoms. The normalized spacial score (nSPS) is 11.6. The van der Waals surface area contributed by atoms with E-state index < -0.39 is 29.7 Å². The van der Waals surface area contributed by atoms with Crippen LogP contribution in [0, 0.1) is 5.82 Å². The molecule has 1 fully saturated rings. The molecule has 19 N–H and O–H groups in total. The summed E-state index contributed by atoms with van der Waals surface area (Å²) >= 11 is 0. The van der Waals surface area contributed by atoms with Crippen LogP contribution in [0.3, 0.4) is 0 Å². The summed E-state index contributed by atoms with van der Waals surface area (Å²) in [5.41, 5.74) is 37.4. The van der Waals surface area contributed by atoms with Gasteiger partial charge in [-0.2, -0.15) is 20.4 Å². The second kappa shape index (κ2) is 38.8. The van der Waals surface area contributed by atoms with Crippen LogP contribution in [0.15, 0.2) is 255 Å². The van der Waals surface area contributed by atoms with Gasteiger partial charge in [-0.1, -0.05) is 128 Å². The van der Waals surface area contributed by atoms with Gasteiger partial charge in [-0.15, -0.1) is 0 Å². The van der Waals surface area contributed by atoms with Gasteiger partial charge in [0.25, 0.3) is 0 Å². The number of amides is 11. The first kappa shape index (κ1) is 81.2. The van der Waals surface area contributed by atoms with E-state index in [0.717, 1.165) is 95.5 Å². The number of anilines is 4. The van der Waals surface area contributed by atoms with E-state index in [0.29, 0.717) is 80.9 Å². The zero-order chi connectivity index (χ0) is 83.2. The van der Waals surface area contributed by atoms with E-state index in [9.17, 15) is 42.7 Å². The summed E-state index contributed by atoms with van der Waals surface area (Å²) in [4.78, 5) is 97.3. The van der Waals surface area contributed by atoms with Crippen LogP contribution in [0.25, 0.3) is 88.6 Å². The number of fused-ring (bicyclic) bond motifs is 4. The lowest BCUT2D eigenvalue weighted by Gasteiger charge is -2.26. The quantitative estimate of drug-likeness (QED) is 0.0281. The Morgan fingerprint density at radius 2 is 0.697 bits per heavy atom. The zero-order valence-electron chi connectivity index (χ0n) is 64.1. The maximum atomic E-state index is 13.0. The third kappa shape index (κ3) is 21.9. The number of hydrogen-bond donors (Lipinski definition) is 15. The average molecular weight is 1600 g/mol. The van der Waals surface area contributed by atoms with Gasteiger partial charge in [0.2, 0.25) is 23.6 Å². The summed E-state index contributed by atoms with van der Waals surface area (Å²) in [6, 6.07) is 73.8. The number of primary amides is 4. The summed E-state index contributed by atoms with van der Waals surface area (Å²) < 4.78 is 18.2. The van der Waals surface area contributed by atoms with Crippen molar-refractivity contribution in [2.24, 2.45) is 22.9 Å². The molecule has 30 heteroatoms. The highest BCUT2D eigenvalue weighted by atomic mass is 19.1. The van der Waals surface area contributed by atoms with Crippen LogP contribution >= 0.6 is 0 Å². The van der Waals surface area contributed by atoms with E-state index in [1.807, 2.05) is 115 Å². The molecule has 1 saturated heterocycles. The van der Waals surface area contributed by atoms with Gasteiger partial charge in [-0.3, -0.25) is 44.9 Å². The Bertz CT molecular complexity index is 5980. The highest BCUT2D eigenvalue weighted by molar-refractivity contribution is 6.05. The molecule has 11 aromatic carbocycles. The molecule has 0 atom stereocenters. The maximum absolute atomic E-state index is 13.0. The molecular weight excluding hydrogens is 1510 g/mol. The van der Waals surface area contributed by atoms with Crippen molar-refractivity contribution in [3.8, 4) is 45.0 Å². The fourth-order valence-corrected chi connectivity index (χ4v) is 13.2. The summed E-state index contributed by atoms with van der Waals surface area (Å²) in [6.45, 7) is 4.89. The lowest BCUT2D eigenvalue weighted by Crippen LogP contribution is -2.34. The fraction of sp³-hybridized carbons (Fsp3) is 0.124. The smallest absolute Gasteiger partial charge is 0.411 e. The number of urea groups is 3. The first-order valence-electron chi connectivity index (χ1n) is 38.0. The molecule has 4 aromatic heterocycles. The molecule has 1 aliphatic heterocycles. The average Bonchev–Trinajstić information content (AvgIpc) is 1.68. The number of nitrogens with zero attached hydrogens (tertiary/aromatic N) is 5. The molecule has 0 unspecified atom stereocenters. The molecule has 16 rings (SSSR count). The molecule has 11 amide bonds. The van der Waals surface area contributed by atoms with Crippen molar-refractivity contribution < 1.29 is 47.5 Å². The van der Waals surface area contributed by atoms with Crippen LogP contribution in [0.1, 0.15) is 83.8 Å². The standard InChI is InChI=1S/C23H28N6O2.C22H18FN5O2.C22H19N5O2.C22H18N4O3/c24-22(30)17-8-9-20-19(15-17)21(28-27-20)16-6-4-7-18(14-16)26-23(31)25-10-5-13-29-11-2-1-3-12-29;23-16-7-4-13(5-8-16)12-25-22(30)26-17-3-1-2-14(10-17)20-18-11-15(21(24)29)6-9-19(18)27-28-20;23-21(28)16-9-10-19-18(12-16)20(27-26-19)15-7-4-8-17(11-15)25-22(29)24-13-14-5-2-1-3-6-14;23-21(27)16-9-10-19-18(12-16)20(26-25-19)15-7-4-8-17(11-15)24-22(28)29-13-14-5-2-1-3-6-14/h4,6-9,14-15H,1-3,5,10-13H2,(H2,24,30)(H,27,28)(H2,25,26,31);1-11H,12H2,(H2,24,29)(H,27,28)(H2,25,26,30);1-12H,13H2,(H2,23,28)(H,26,27)(H2,24,25,29);1-12H,13H2,(H2,23,27)(H,24,28)(H,25,26). The molecule has 0 aliphatic carbocycles. The second-order valence-corrected chi connectivity index (χ2v) is 27.7. The number of halogens is 1. The van der Waals surface area contributed by atoms with Crippen LogP contribution in [-0.4, -0.2) is 120 Å². The minimum atomic E-state index is -0.547. The van der Waals surface area contributed by atoms with E-state index in [1.54, 1.807) is 127 Å². The summed E-state index contributed by atoms with van der Waals surface area (Å²) in [6.07, 6.45) is 4.28. The van der Waals surface area contributed by atoms with E-state index in [1.165, 1.54) is 44.5 Å². The summed E-state index contributed by atoms with van der Waals surface area (Å²) in [5.74, 6) is -2.33. The van der Waals surface area contributed by atoms with Gasteiger partial charge in [0, 0.05) is 108 Å². The molecule has 5 heterocycles. The van der Waals surface area contributed by atoms with Gasteiger partial charge in [-0.05, 0) is 189 Å². The Balaban J connectivity index is 0.000000137. The molecule has 29 nitrogen and oxygen atoms in total. The van der Waals surface area contributed by atoms with Crippen LogP contribution < -0.4 is 60.2 Å². The molecule has 600 valence electrons. The fourth-order valence-electron chi connectivity index (χ4n) is 13.2. The lowest BCUT2D eigenvalue weighted by molar-refractivity contribution is 0.0992. The van der Waals surface area contributed by atoms with Crippen LogP contribution in [0.5, 0.6) is 0 Å². The van der Waals surface area contributed by atoms with Crippen LogP contribution in [0.4, 0.5) is 46.3 Å². The number of nitrogens with one attached hydrogen (secondary N) is 11. The van der Waals surface area contributed by atoms with E-state index >= 15 is 0 Å². The van der Waals surface area contributed by atoms with E-state index in [2.05, 4.69) is 82.9 Å². The topological polar surface area (TPSA) is 452 Å². The number of piperidine rings is 1. The van der Waals surface area contributed by atoms with Crippen molar-refractivity contribution in [1.82, 2.24) is 61.6 Å². The molecule has 0 radical (unpaired) electrons. The van der Waals surface area contributed by atoms with E-state index in [-0.39, 0.29) is 37.1 Å². The SMILES string of the molecule is NC(=O)c1ccc2[nH]nc(-c3cccc(NC(=O)NCCCN4CCCCC4)c3)c2c1.NC(=O)c1ccc2[nH]nc(-c3cccc(NC(=O)NCc4ccc(F)cc4)c3)c2c1.NC(=O)c1ccc2[nH]nc(-c3cccc(NC(=O)NCc4ccccc4)c3)c2c1.NC(=O)c1ccc2[nH]nc(-c3cccc(NC(=O)OCc4ccccc4)c3)c2c1. The maximum Gasteiger partial charge on any atom is 0.411 e. The number of ether oxygens (including phenoxy) is 1. The molecule has 15 aromatic rings. The number of H-pyrrole nitrogens is 4. The molecule has 0 spiro atoms. The minimum Gasteiger partial charge on any atom is -0.444 e. The summed E-state index contributed by atoms with van der Waals surface area (Å²) in [5, 5.41) is 52.0. The second-order valence-electron chi connectivity index (χ2n) is 27.7. The predicted molar refractivity (Wildman–Crippen MR) is 457 cm³/mol. The van der Waals surface area contributed by atoms with Crippen LogP contribution in [-0.2, 0) is 24.4 Å². The third-order valence-corrected chi connectivity index (χ3v) is 19.2. The summed E-state index contributed by atoms with van der Waals surface area (Å²) in [7, 11) is 0. The van der Waals surface area contributed by atoms with Gasteiger partial charge < -0.3 is 64.5 Å². The van der Waals surface area contributed by atoms with Crippen LogP contribution in [0.2, 0.25) is 0 Å². The van der Waals surface area contributed by atoms with Gasteiger partial charge in [0.15, 0.2) is 0 Å². The number of aromatic nitrogens is 8. The largest absolute Gasteiger partial charge is 0.444 e. The Morgan fingerprint density at radius 3 is 1.06 bits per heavy atom. The number of benzene rings is 11. The number of rotatable bonds is 22. The van der Waals surface area contributed by atoms with Crippen molar-refractivity contribution in [3.63, 3.8) is 0 Å². The monoisotopic (exact) mass is 1590 g/mol. The highest BCUT2D eigenvalue weighted by Gasteiger charge is 2.19. The van der Waals surface area contributed by atoms with Crippen molar-refractivity contribution in [1.29, 1.82) is 0 Å². The molecule has 119 heavy (non-hydrogen) atoms. The molecule has 1 aliphatic rings. The first-order valence-corrected chi connectivity index (χ1v) is 38.0. The zero-order valence-corrected chi connectivity index (χ0v) is 64.1. The number of carbonyl (C=O) groups is 8. The van der Waals surface area contributed by atoms with Gasteiger partial charge >= 0.3 is 24.2 Å². The van der Waals surface area contributed by atoms with Gasteiger partial charge in [-0.25, -0.2) is 23.6 Å². The Hall–Kier alpha value is -15.9. The number of hydrogen-bond acceptors (Lipinski definition) is 14. The number of nitrogens with two attached hydrogens (primary N) is 4.